The summed E-state index contributed by atoms with van der Waals surface area (Å²) in [5.41, 5.74) is 0. The van der Waals surface area contributed by atoms with Crippen molar-refractivity contribution in [2.45, 2.75) is 341 Å². The Bertz CT molecular complexity index is 1390. The number of rotatable bonds is 62. The van der Waals surface area contributed by atoms with E-state index in [1.807, 2.05) is 27.2 Å². The van der Waals surface area contributed by atoms with Crippen LogP contribution in [-0.4, -0.2) is 68.5 Å². The van der Waals surface area contributed by atoms with Gasteiger partial charge in [-0.25, -0.2) is 0 Å². The lowest BCUT2D eigenvalue weighted by molar-refractivity contribution is -0.870. The Hall–Kier alpha value is -1.54. The molecule has 0 aromatic carbocycles. The van der Waals surface area contributed by atoms with Crippen LogP contribution >= 0.6 is 7.82 Å². The fourth-order valence-electron chi connectivity index (χ4n) is 10.0. The van der Waals surface area contributed by atoms with Crippen molar-refractivity contribution < 1.29 is 32.9 Å². The van der Waals surface area contributed by atoms with Crippen LogP contribution in [0, 0.1) is 0 Å². The maximum Gasteiger partial charge on any atom is 0.268 e. The summed E-state index contributed by atoms with van der Waals surface area (Å²) < 4.78 is 23.3. The van der Waals surface area contributed by atoms with E-state index in [2.05, 4.69) is 55.6 Å². The maximum atomic E-state index is 13.0. The fourth-order valence-corrected chi connectivity index (χ4v) is 10.7. The molecule has 3 unspecified atom stereocenters. The SMILES string of the molecule is CCCCCCCC/C=C/CC/C=C/CC/C=C/C(O)C(COP(=O)([O-])OCC[N+](C)(C)C)NC(=O)CCCCCCCCCCCCCCCCCCC/C=C\CCCCCCCCCCCCCCCCCCCC. The molecule has 0 aromatic rings. The molecular formula is C68H131N2O6P. The normalized spacial score (nSPS) is 14.0. The third kappa shape index (κ3) is 61.9. The number of phosphoric acid groups is 1. The average molecular weight is 1100 g/mol. The van der Waals surface area contributed by atoms with Crippen LogP contribution in [-0.2, 0) is 18.4 Å². The standard InChI is InChI=1S/C68H131N2O6P/c1-6-8-10-12-14-16-18-20-22-24-25-26-27-28-29-30-31-32-33-34-35-36-37-38-39-40-41-42-43-44-45-46-48-50-52-54-56-58-60-62-68(72)69-66(65-76-77(73,74)75-64-63-70(3,4)5)67(71)61-59-57-55-53-51-49-47-23-21-19-17-15-13-11-9-7-2/h21,23,34-35,51,53,59,61,66-67,71H,6-20,22,24-33,36-50,52,54-58,60,62-65H2,1-5H3,(H-,69,72,73,74)/b23-21+,35-34-,53-51+,61-59+. The first-order valence-corrected chi connectivity index (χ1v) is 35.0. The number of likely N-dealkylation sites (N-methyl/N-ethyl adjacent to an activating group) is 1. The molecule has 9 heteroatoms. The number of amides is 1. The van der Waals surface area contributed by atoms with Crippen LogP contribution in [0.2, 0.25) is 0 Å². The number of phosphoric ester groups is 1. The number of aliphatic hydroxyl groups excluding tert-OH is 1. The van der Waals surface area contributed by atoms with Crippen LogP contribution in [0.4, 0.5) is 0 Å². The summed E-state index contributed by atoms with van der Waals surface area (Å²) in [5, 5.41) is 13.9. The fraction of sp³-hybridized carbons (Fsp3) is 0.868. The number of nitrogens with one attached hydrogen (secondary N) is 1. The highest BCUT2D eigenvalue weighted by Gasteiger charge is 2.23. The molecule has 0 bridgehead atoms. The summed E-state index contributed by atoms with van der Waals surface area (Å²) in [6.45, 7) is 4.64. The van der Waals surface area contributed by atoms with Gasteiger partial charge in [-0.2, -0.15) is 0 Å². The lowest BCUT2D eigenvalue weighted by Gasteiger charge is -2.29. The number of carbonyl (C=O) groups excluding carboxylic acids is 1. The molecule has 0 aromatic heterocycles. The van der Waals surface area contributed by atoms with Crippen molar-refractivity contribution in [3.8, 4) is 0 Å². The van der Waals surface area contributed by atoms with Gasteiger partial charge in [0.15, 0.2) is 0 Å². The molecule has 77 heavy (non-hydrogen) atoms. The summed E-state index contributed by atoms with van der Waals surface area (Å²) in [6.07, 6.45) is 79.6. The van der Waals surface area contributed by atoms with E-state index in [4.69, 9.17) is 9.05 Å². The minimum atomic E-state index is -4.61. The zero-order valence-electron chi connectivity index (χ0n) is 51.9. The molecule has 3 atom stereocenters. The highest BCUT2D eigenvalue weighted by molar-refractivity contribution is 7.45. The zero-order valence-corrected chi connectivity index (χ0v) is 52.8. The minimum absolute atomic E-state index is 0.00862. The molecule has 0 radical (unpaired) electrons. The van der Waals surface area contributed by atoms with Crippen LogP contribution in [0.15, 0.2) is 48.6 Å². The molecule has 0 saturated carbocycles. The van der Waals surface area contributed by atoms with E-state index in [9.17, 15) is 19.4 Å². The van der Waals surface area contributed by atoms with Gasteiger partial charge in [0.2, 0.25) is 5.91 Å². The second-order valence-corrected chi connectivity index (χ2v) is 25.6. The molecule has 0 aliphatic rings. The van der Waals surface area contributed by atoms with Crippen LogP contribution < -0.4 is 10.2 Å². The van der Waals surface area contributed by atoms with E-state index in [1.165, 1.54) is 263 Å². The van der Waals surface area contributed by atoms with Gasteiger partial charge in [0.05, 0.1) is 39.9 Å². The van der Waals surface area contributed by atoms with Gasteiger partial charge < -0.3 is 28.8 Å². The van der Waals surface area contributed by atoms with E-state index in [0.717, 1.165) is 44.9 Å². The van der Waals surface area contributed by atoms with Gasteiger partial charge in [0.25, 0.3) is 7.82 Å². The first kappa shape index (κ1) is 75.5. The topological polar surface area (TPSA) is 108 Å². The number of nitrogens with zero attached hydrogens (tertiary/aromatic N) is 1. The molecule has 8 nitrogen and oxygen atoms in total. The van der Waals surface area contributed by atoms with E-state index in [1.54, 1.807) is 6.08 Å². The third-order valence-electron chi connectivity index (χ3n) is 15.2. The minimum Gasteiger partial charge on any atom is -0.756 e. The Morgan fingerprint density at radius 2 is 0.727 bits per heavy atom. The van der Waals surface area contributed by atoms with Crippen molar-refractivity contribution in [1.82, 2.24) is 5.32 Å². The molecule has 1 amide bonds. The largest absolute Gasteiger partial charge is 0.756 e. The molecule has 0 fully saturated rings. The van der Waals surface area contributed by atoms with Crippen LogP contribution in [0.25, 0.3) is 0 Å². The highest BCUT2D eigenvalue weighted by atomic mass is 31.2. The smallest absolute Gasteiger partial charge is 0.268 e. The van der Waals surface area contributed by atoms with Crippen molar-refractivity contribution in [2.75, 3.05) is 40.9 Å². The van der Waals surface area contributed by atoms with Gasteiger partial charge in [0.1, 0.15) is 13.2 Å². The number of hydrogen-bond acceptors (Lipinski definition) is 6. The second-order valence-electron chi connectivity index (χ2n) is 24.2. The van der Waals surface area contributed by atoms with E-state index < -0.39 is 26.6 Å². The molecule has 0 spiro atoms. The Kier molecular flexibility index (Phi) is 57.9. The second kappa shape index (κ2) is 59.1. The first-order valence-electron chi connectivity index (χ1n) is 33.5. The van der Waals surface area contributed by atoms with Crippen LogP contribution in [0.3, 0.4) is 0 Å². The maximum absolute atomic E-state index is 13.0. The first-order chi connectivity index (χ1) is 37.5. The van der Waals surface area contributed by atoms with Gasteiger partial charge >= 0.3 is 0 Å². The van der Waals surface area contributed by atoms with Gasteiger partial charge in [-0.3, -0.25) is 9.36 Å². The Morgan fingerprint density at radius 3 is 1.05 bits per heavy atom. The van der Waals surface area contributed by atoms with E-state index in [-0.39, 0.29) is 12.5 Å². The van der Waals surface area contributed by atoms with Crippen molar-refractivity contribution in [3.05, 3.63) is 48.6 Å². The van der Waals surface area contributed by atoms with Crippen molar-refractivity contribution in [1.29, 1.82) is 0 Å². The van der Waals surface area contributed by atoms with Crippen molar-refractivity contribution in [2.24, 2.45) is 0 Å². The lowest BCUT2D eigenvalue weighted by atomic mass is 10.0. The van der Waals surface area contributed by atoms with E-state index in [0.29, 0.717) is 17.4 Å². The Morgan fingerprint density at radius 1 is 0.442 bits per heavy atom. The Labute approximate surface area is 479 Å². The predicted octanol–water partition coefficient (Wildman–Crippen LogP) is 20.4. The van der Waals surface area contributed by atoms with E-state index >= 15 is 0 Å². The third-order valence-corrected chi connectivity index (χ3v) is 16.2. The lowest BCUT2D eigenvalue weighted by Crippen LogP contribution is -2.45. The highest BCUT2D eigenvalue weighted by Crippen LogP contribution is 2.38. The van der Waals surface area contributed by atoms with Crippen molar-refractivity contribution >= 4 is 13.7 Å². The van der Waals surface area contributed by atoms with Gasteiger partial charge in [0, 0.05) is 6.42 Å². The summed E-state index contributed by atoms with van der Waals surface area (Å²) in [4.78, 5) is 25.5. The molecule has 0 aliphatic heterocycles. The molecule has 2 N–H and O–H groups in total. The van der Waals surface area contributed by atoms with Crippen molar-refractivity contribution in [3.63, 3.8) is 0 Å². The molecule has 0 rings (SSSR count). The van der Waals surface area contributed by atoms with Gasteiger partial charge in [-0.1, -0.05) is 300 Å². The molecule has 0 aliphatic carbocycles. The summed E-state index contributed by atoms with van der Waals surface area (Å²) in [6, 6.07) is -0.910. The zero-order chi connectivity index (χ0) is 56.3. The Balaban J connectivity index is 3.94. The predicted molar refractivity (Wildman–Crippen MR) is 334 cm³/mol. The summed E-state index contributed by atoms with van der Waals surface area (Å²) in [7, 11) is 1.24. The van der Waals surface area contributed by atoms with Gasteiger partial charge in [-0.15, -0.1) is 0 Å². The number of quaternary nitrogens is 1. The molecule has 0 saturated heterocycles. The monoisotopic (exact) mass is 1100 g/mol. The van der Waals surface area contributed by atoms with Gasteiger partial charge in [-0.05, 0) is 70.6 Å². The quantitative estimate of drug-likeness (QED) is 0.0272. The van der Waals surface area contributed by atoms with Crippen LogP contribution in [0.1, 0.15) is 328 Å². The number of aliphatic hydroxyl groups is 1. The number of carbonyl (C=O) groups is 1. The van der Waals surface area contributed by atoms with Crippen LogP contribution in [0.5, 0.6) is 0 Å². The summed E-state index contributed by atoms with van der Waals surface area (Å²) >= 11 is 0. The molecule has 0 heterocycles. The molecular weight excluding hydrogens is 972 g/mol. The number of hydrogen-bond donors (Lipinski definition) is 2. The average Bonchev–Trinajstić information content (AvgIpc) is 3.39. The summed E-state index contributed by atoms with van der Waals surface area (Å²) in [5.74, 6) is -0.208. The number of unbranched alkanes of at least 4 members (excludes halogenated alkanes) is 43. The molecule has 454 valence electrons. The number of allylic oxidation sites excluding steroid dienone is 7.